The SMILES string of the molecule is CC(O)/C(=C(\c1ccccc1)n1nnc2ccccc21)c1ccccc1. The van der Waals surface area contributed by atoms with Crippen molar-refractivity contribution in [3.05, 3.63) is 96.1 Å². The Morgan fingerprint density at radius 1 is 0.808 bits per heavy atom. The first-order valence-corrected chi connectivity index (χ1v) is 8.59. The van der Waals surface area contributed by atoms with Gasteiger partial charge in [0.2, 0.25) is 0 Å². The summed E-state index contributed by atoms with van der Waals surface area (Å²) >= 11 is 0. The Morgan fingerprint density at radius 3 is 2.04 bits per heavy atom. The second kappa shape index (κ2) is 6.94. The van der Waals surface area contributed by atoms with E-state index in [0.29, 0.717) is 0 Å². The van der Waals surface area contributed by atoms with Crippen molar-refractivity contribution < 1.29 is 5.11 Å². The molecule has 1 N–H and O–H groups in total. The third-order valence-electron chi connectivity index (χ3n) is 4.37. The second-order valence-electron chi connectivity index (χ2n) is 6.16. The van der Waals surface area contributed by atoms with Gasteiger partial charge in [-0.25, -0.2) is 4.68 Å². The van der Waals surface area contributed by atoms with E-state index in [1.807, 2.05) is 89.6 Å². The minimum absolute atomic E-state index is 0.671. The van der Waals surface area contributed by atoms with Gasteiger partial charge in [0.15, 0.2) is 0 Å². The number of para-hydroxylation sites is 1. The molecule has 0 aliphatic carbocycles. The lowest BCUT2D eigenvalue weighted by molar-refractivity contribution is 0.253. The molecule has 1 unspecified atom stereocenters. The normalized spacial score (nSPS) is 13.5. The molecule has 1 heterocycles. The fourth-order valence-corrected chi connectivity index (χ4v) is 3.22. The highest BCUT2D eigenvalue weighted by atomic mass is 16.3. The lowest BCUT2D eigenvalue weighted by Crippen LogP contribution is -2.12. The number of aliphatic hydroxyl groups is 1. The summed E-state index contributed by atoms with van der Waals surface area (Å²) in [6, 6.07) is 27.8. The van der Waals surface area contributed by atoms with Gasteiger partial charge in [0, 0.05) is 11.1 Å². The van der Waals surface area contributed by atoms with Crippen LogP contribution in [0.4, 0.5) is 0 Å². The molecule has 0 radical (unpaired) electrons. The van der Waals surface area contributed by atoms with Gasteiger partial charge in [-0.1, -0.05) is 78.0 Å². The highest BCUT2D eigenvalue weighted by Crippen LogP contribution is 2.31. The zero-order valence-corrected chi connectivity index (χ0v) is 14.4. The maximum atomic E-state index is 10.6. The van der Waals surface area contributed by atoms with Crippen molar-refractivity contribution in [2.24, 2.45) is 0 Å². The van der Waals surface area contributed by atoms with Crippen molar-refractivity contribution in [1.82, 2.24) is 15.0 Å². The fourth-order valence-electron chi connectivity index (χ4n) is 3.22. The zero-order valence-electron chi connectivity index (χ0n) is 14.4. The first-order chi connectivity index (χ1) is 12.8. The number of rotatable bonds is 4. The zero-order chi connectivity index (χ0) is 17.9. The van der Waals surface area contributed by atoms with Gasteiger partial charge in [-0.3, -0.25) is 0 Å². The number of hydrogen-bond acceptors (Lipinski definition) is 3. The Morgan fingerprint density at radius 2 is 1.38 bits per heavy atom. The lowest BCUT2D eigenvalue weighted by atomic mass is 9.95. The van der Waals surface area contributed by atoms with E-state index in [1.54, 1.807) is 6.92 Å². The number of hydrogen-bond donors (Lipinski definition) is 1. The molecule has 0 saturated heterocycles. The molecule has 1 aromatic heterocycles. The summed E-state index contributed by atoms with van der Waals surface area (Å²) in [6.45, 7) is 1.78. The minimum Gasteiger partial charge on any atom is -0.389 e. The first kappa shape index (κ1) is 16.2. The predicted molar refractivity (Wildman–Crippen MR) is 104 cm³/mol. The van der Waals surface area contributed by atoms with Gasteiger partial charge in [-0.15, -0.1) is 5.10 Å². The van der Waals surface area contributed by atoms with E-state index < -0.39 is 6.10 Å². The van der Waals surface area contributed by atoms with E-state index in [0.717, 1.165) is 33.4 Å². The van der Waals surface area contributed by atoms with E-state index in [9.17, 15) is 5.11 Å². The largest absolute Gasteiger partial charge is 0.389 e. The molecular formula is C22H19N3O. The molecule has 0 spiro atoms. The monoisotopic (exact) mass is 341 g/mol. The summed E-state index contributed by atoms with van der Waals surface area (Å²) in [5.74, 6) is 0. The highest BCUT2D eigenvalue weighted by molar-refractivity contribution is 5.95. The number of aromatic nitrogens is 3. The molecule has 0 amide bonds. The summed E-state index contributed by atoms with van der Waals surface area (Å²) in [4.78, 5) is 0. The van der Waals surface area contributed by atoms with Crippen LogP contribution in [0.2, 0.25) is 0 Å². The van der Waals surface area contributed by atoms with Crippen molar-refractivity contribution in [3.63, 3.8) is 0 Å². The Hall–Kier alpha value is -3.24. The van der Waals surface area contributed by atoms with Gasteiger partial charge in [-0.05, 0) is 24.6 Å². The summed E-state index contributed by atoms with van der Waals surface area (Å²) in [7, 11) is 0. The molecule has 0 aliphatic heterocycles. The molecule has 4 aromatic rings. The molecule has 1 atom stereocenters. The van der Waals surface area contributed by atoms with Crippen LogP contribution in [-0.4, -0.2) is 26.2 Å². The van der Waals surface area contributed by atoms with Crippen LogP contribution in [0.5, 0.6) is 0 Å². The quantitative estimate of drug-likeness (QED) is 0.565. The molecule has 128 valence electrons. The number of benzene rings is 3. The average molecular weight is 341 g/mol. The number of aliphatic hydroxyl groups excluding tert-OH is 1. The highest BCUT2D eigenvalue weighted by Gasteiger charge is 2.20. The molecule has 3 aromatic carbocycles. The van der Waals surface area contributed by atoms with Crippen LogP contribution >= 0.6 is 0 Å². The van der Waals surface area contributed by atoms with Gasteiger partial charge in [0.05, 0.1) is 17.3 Å². The Kier molecular flexibility index (Phi) is 4.33. The summed E-state index contributed by atoms with van der Waals surface area (Å²) in [6.07, 6.45) is -0.671. The first-order valence-electron chi connectivity index (χ1n) is 8.59. The third kappa shape index (κ3) is 2.91. The standard InChI is InChI=1S/C22H19N3O/c1-16(26)21(17-10-4-2-5-11-17)22(18-12-6-3-7-13-18)25-20-15-9-8-14-19(20)23-24-25/h2-16,26H,1H3/b22-21-. The Labute approximate surface area is 152 Å². The van der Waals surface area contributed by atoms with Crippen molar-refractivity contribution in [2.75, 3.05) is 0 Å². The maximum Gasteiger partial charge on any atom is 0.113 e. The molecule has 4 nitrogen and oxygen atoms in total. The van der Waals surface area contributed by atoms with Gasteiger partial charge < -0.3 is 5.11 Å². The van der Waals surface area contributed by atoms with Crippen LogP contribution in [-0.2, 0) is 0 Å². The molecule has 0 bridgehead atoms. The molecule has 0 fully saturated rings. The van der Waals surface area contributed by atoms with E-state index in [1.165, 1.54) is 0 Å². The van der Waals surface area contributed by atoms with E-state index >= 15 is 0 Å². The van der Waals surface area contributed by atoms with Crippen LogP contribution < -0.4 is 0 Å². The van der Waals surface area contributed by atoms with Crippen LogP contribution in [0, 0.1) is 0 Å². The van der Waals surface area contributed by atoms with Crippen LogP contribution in [0.25, 0.3) is 22.3 Å². The van der Waals surface area contributed by atoms with Gasteiger partial charge in [0.25, 0.3) is 0 Å². The van der Waals surface area contributed by atoms with E-state index in [-0.39, 0.29) is 0 Å². The van der Waals surface area contributed by atoms with Crippen molar-refractivity contribution in [3.8, 4) is 0 Å². The van der Waals surface area contributed by atoms with Crippen molar-refractivity contribution in [2.45, 2.75) is 13.0 Å². The molecule has 4 heteroatoms. The molecule has 4 rings (SSSR count). The summed E-state index contributed by atoms with van der Waals surface area (Å²) in [5.41, 5.74) is 5.30. The molecule has 0 aliphatic rings. The van der Waals surface area contributed by atoms with Crippen molar-refractivity contribution in [1.29, 1.82) is 0 Å². The molecule has 26 heavy (non-hydrogen) atoms. The lowest BCUT2D eigenvalue weighted by Gasteiger charge is -2.19. The average Bonchev–Trinajstić information content (AvgIpc) is 3.11. The predicted octanol–water partition coefficient (Wildman–Crippen LogP) is 4.23. The number of fused-ring (bicyclic) bond motifs is 1. The van der Waals surface area contributed by atoms with Crippen LogP contribution in [0.15, 0.2) is 84.9 Å². The minimum atomic E-state index is -0.671. The molecular weight excluding hydrogens is 322 g/mol. The third-order valence-corrected chi connectivity index (χ3v) is 4.37. The maximum absolute atomic E-state index is 10.6. The summed E-state index contributed by atoms with van der Waals surface area (Å²) in [5, 5.41) is 19.3. The topological polar surface area (TPSA) is 50.9 Å². The summed E-state index contributed by atoms with van der Waals surface area (Å²) < 4.78 is 1.82. The van der Waals surface area contributed by atoms with Gasteiger partial charge in [-0.2, -0.15) is 0 Å². The second-order valence-corrected chi connectivity index (χ2v) is 6.16. The molecule has 0 saturated carbocycles. The van der Waals surface area contributed by atoms with Gasteiger partial charge >= 0.3 is 0 Å². The van der Waals surface area contributed by atoms with Crippen molar-refractivity contribution >= 4 is 22.3 Å². The Balaban J connectivity index is 2.09. The smallest absolute Gasteiger partial charge is 0.113 e. The van der Waals surface area contributed by atoms with Gasteiger partial charge in [0.1, 0.15) is 5.52 Å². The van der Waals surface area contributed by atoms with E-state index in [2.05, 4.69) is 10.3 Å². The van der Waals surface area contributed by atoms with E-state index in [4.69, 9.17) is 0 Å². The fraction of sp³-hybridized carbons (Fsp3) is 0.0909. The Bertz CT molecular complexity index is 1050. The number of nitrogens with zero attached hydrogens (tertiary/aromatic N) is 3. The van der Waals surface area contributed by atoms with Crippen LogP contribution in [0.3, 0.4) is 0 Å². The van der Waals surface area contributed by atoms with Crippen LogP contribution in [0.1, 0.15) is 18.1 Å².